The van der Waals surface area contributed by atoms with Gasteiger partial charge in [-0.3, -0.25) is 4.79 Å². The van der Waals surface area contributed by atoms with Gasteiger partial charge in [-0.2, -0.15) is 18.3 Å². The Hall–Kier alpha value is -2.88. The number of carbonyl (C=O) groups excluding carboxylic acids is 1. The van der Waals surface area contributed by atoms with Crippen molar-refractivity contribution in [3.05, 3.63) is 47.4 Å². The van der Waals surface area contributed by atoms with Gasteiger partial charge in [0.25, 0.3) is 0 Å². The van der Waals surface area contributed by atoms with Gasteiger partial charge in [-0.05, 0) is 39.7 Å². The van der Waals surface area contributed by atoms with Crippen LogP contribution in [-0.4, -0.2) is 43.3 Å². The van der Waals surface area contributed by atoms with Crippen molar-refractivity contribution in [1.82, 2.24) is 19.2 Å². The van der Waals surface area contributed by atoms with E-state index in [9.17, 15) is 13.6 Å². The van der Waals surface area contributed by atoms with Crippen molar-refractivity contribution in [3.63, 3.8) is 0 Å². The molecule has 2 bridgehead atoms. The van der Waals surface area contributed by atoms with Crippen molar-refractivity contribution in [2.75, 3.05) is 6.61 Å². The van der Waals surface area contributed by atoms with Gasteiger partial charge < -0.3 is 13.9 Å². The molecule has 0 aromatic carbocycles. The number of alkyl halides is 2. The largest absolute Gasteiger partial charge is 0.487 e. The van der Waals surface area contributed by atoms with Crippen molar-refractivity contribution in [1.29, 1.82) is 0 Å². The molecule has 0 N–H and O–H groups in total. The molecule has 5 heterocycles. The first-order valence-electron chi connectivity index (χ1n) is 10.5. The topological polar surface area (TPSA) is 70.7 Å². The van der Waals surface area contributed by atoms with E-state index in [1.54, 1.807) is 30.6 Å². The third-order valence-electron chi connectivity index (χ3n) is 6.18. The minimum Gasteiger partial charge on any atom is -0.487 e. The number of Topliss-reactive ketones (excluding diaryl/α,β-unsaturated/α-hetero) is 1. The first kappa shape index (κ1) is 21.0. The van der Waals surface area contributed by atoms with Crippen molar-refractivity contribution in [3.8, 4) is 5.75 Å². The Kier molecular flexibility index (Phi) is 4.63. The van der Waals surface area contributed by atoms with Gasteiger partial charge in [-0.15, -0.1) is 0 Å². The summed E-state index contributed by atoms with van der Waals surface area (Å²) < 4.78 is 54.6. The maximum absolute atomic E-state index is 15.5. The molecule has 0 radical (unpaired) electrons. The Labute approximate surface area is 182 Å². The average molecular weight is 448 g/mol. The van der Waals surface area contributed by atoms with Gasteiger partial charge in [0.2, 0.25) is 5.82 Å². The number of halogens is 3. The molecule has 2 aliphatic heterocycles. The Bertz CT molecular complexity index is 1210. The number of aromatic nitrogens is 4. The molecule has 1 aliphatic carbocycles. The summed E-state index contributed by atoms with van der Waals surface area (Å²) in [6.45, 7) is 3.26. The SMILES string of the molecule is CC(C)Oc1c(CC(=O)c2ccn(C(F)F)n2)cn2cc(C34COC(C)(C3)C4)nc2c1F. The molecular formula is C22H23F3N4O3. The number of fused-ring (bicyclic) bond motifs is 2. The van der Waals surface area contributed by atoms with Crippen molar-refractivity contribution < 1.29 is 27.4 Å². The van der Waals surface area contributed by atoms with Gasteiger partial charge in [-0.1, -0.05) is 0 Å². The zero-order valence-corrected chi connectivity index (χ0v) is 17.9. The van der Waals surface area contributed by atoms with Crippen LogP contribution in [0.3, 0.4) is 0 Å². The number of hydrogen-bond acceptors (Lipinski definition) is 5. The van der Waals surface area contributed by atoms with E-state index in [2.05, 4.69) is 17.0 Å². The normalized spacial score (nSPS) is 24.5. The number of rotatable bonds is 7. The predicted molar refractivity (Wildman–Crippen MR) is 108 cm³/mol. The lowest BCUT2D eigenvalue weighted by molar-refractivity contribution is 0.0154. The summed E-state index contributed by atoms with van der Waals surface area (Å²) >= 11 is 0. The van der Waals surface area contributed by atoms with Gasteiger partial charge in [0.1, 0.15) is 5.69 Å². The second kappa shape index (κ2) is 7.06. The van der Waals surface area contributed by atoms with Crippen molar-refractivity contribution in [2.45, 2.75) is 63.7 Å². The number of imidazole rings is 1. The molecule has 2 saturated heterocycles. The van der Waals surface area contributed by atoms with E-state index >= 15 is 4.39 Å². The van der Waals surface area contributed by atoms with E-state index in [-0.39, 0.29) is 40.6 Å². The quantitative estimate of drug-likeness (QED) is 0.509. The summed E-state index contributed by atoms with van der Waals surface area (Å²) in [4.78, 5) is 17.3. The Morgan fingerprint density at radius 3 is 2.66 bits per heavy atom. The van der Waals surface area contributed by atoms with Crippen LogP contribution < -0.4 is 4.74 Å². The maximum atomic E-state index is 15.5. The van der Waals surface area contributed by atoms with Gasteiger partial charge in [0, 0.05) is 36.0 Å². The monoisotopic (exact) mass is 448 g/mol. The van der Waals surface area contributed by atoms with E-state index in [0.29, 0.717) is 16.9 Å². The molecular weight excluding hydrogens is 425 g/mol. The first-order chi connectivity index (χ1) is 15.1. The summed E-state index contributed by atoms with van der Waals surface area (Å²) in [5.41, 5.74) is 0.681. The summed E-state index contributed by atoms with van der Waals surface area (Å²) in [5, 5.41) is 3.61. The molecule has 3 aliphatic rings. The van der Waals surface area contributed by atoms with E-state index in [1.807, 2.05) is 0 Å². The zero-order valence-electron chi connectivity index (χ0n) is 17.9. The molecule has 3 aromatic heterocycles. The lowest BCUT2D eigenvalue weighted by atomic mass is 9.62. The molecule has 1 saturated carbocycles. The van der Waals surface area contributed by atoms with Crippen LogP contribution >= 0.6 is 0 Å². The van der Waals surface area contributed by atoms with Crippen LogP contribution in [0.15, 0.2) is 24.7 Å². The molecule has 0 atom stereocenters. The number of carbonyl (C=O) groups is 1. The number of nitrogens with zero attached hydrogens (tertiary/aromatic N) is 4. The molecule has 0 amide bonds. The zero-order chi connectivity index (χ0) is 22.8. The molecule has 3 fully saturated rings. The fraction of sp³-hybridized carbons (Fsp3) is 0.500. The molecule has 170 valence electrons. The Morgan fingerprint density at radius 2 is 2.06 bits per heavy atom. The summed E-state index contributed by atoms with van der Waals surface area (Å²) in [6, 6.07) is 1.22. The van der Waals surface area contributed by atoms with Crippen LogP contribution in [-0.2, 0) is 16.6 Å². The summed E-state index contributed by atoms with van der Waals surface area (Å²) in [5.74, 6) is -1.25. The van der Waals surface area contributed by atoms with E-state index in [4.69, 9.17) is 9.47 Å². The first-order valence-corrected chi connectivity index (χ1v) is 10.5. The molecule has 0 unspecified atom stereocenters. The van der Waals surface area contributed by atoms with Gasteiger partial charge in [-0.25, -0.2) is 9.67 Å². The van der Waals surface area contributed by atoms with Crippen LogP contribution in [0.5, 0.6) is 5.75 Å². The fourth-order valence-corrected chi connectivity index (χ4v) is 4.88. The maximum Gasteiger partial charge on any atom is 0.333 e. The number of ether oxygens (including phenoxy) is 2. The third kappa shape index (κ3) is 3.28. The van der Waals surface area contributed by atoms with Gasteiger partial charge in [0.15, 0.2) is 17.2 Å². The average Bonchev–Trinajstić information content (AvgIpc) is 3.45. The van der Waals surface area contributed by atoms with Gasteiger partial charge >= 0.3 is 6.55 Å². The highest BCUT2D eigenvalue weighted by Crippen LogP contribution is 2.58. The second-order valence-electron chi connectivity index (χ2n) is 9.25. The number of pyridine rings is 1. The number of hydrogen-bond donors (Lipinski definition) is 0. The highest BCUT2D eigenvalue weighted by atomic mass is 19.3. The van der Waals surface area contributed by atoms with Crippen LogP contribution in [0.25, 0.3) is 5.65 Å². The standard InChI is InChI=1S/C22H23F3N4O3/c1-12(2)32-18-13(6-15(30)14-4-5-29(27-14)20(24)25)7-28-8-16(26-19(28)17(18)23)22-9-21(3,10-22)31-11-22/h4-5,7-8,12,20H,6,9-11H2,1-3H3. The van der Waals surface area contributed by atoms with Gasteiger partial charge in [0.05, 0.1) is 24.0 Å². The van der Waals surface area contributed by atoms with Crippen LogP contribution in [0.1, 0.15) is 61.9 Å². The number of ketones is 1. The lowest BCUT2D eigenvalue weighted by Gasteiger charge is -2.41. The fourth-order valence-electron chi connectivity index (χ4n) is 4.88. The second-order valence-corrected chi connectivity index (χ2v) is 9.25. The smallest absolute Gasteiger partial charge is 0.333 e. The molecule has 32 heavy (non-hydrogen) atoms. The highest BCUT2D eigenvalue weighted by molar-refractivity contribution is 5.96. The summed E-state index contributed by atoms with van der Waals surface area (Å²) in [7, 11) is 0. The predicted octanol–water partition coefficient (Wildman–Crippen LogP) is 4.10. The molecule has 10 heteroatoms. The molecule has 6 rings (SSSR count). The third-order valence-corrected chi connectivity index (χ3v) is 6.18. The minimum absolute atomic E-state index is 0.0649. The van der Waals surface area contributed by atoms with Crippen LogP contribution in [0.2, 0.25) is 0 Å². The molecule has 7 nitrogen and oxygen atoms in total. The van der Waals surface area contributed by atoms with E-state index in [1.165, 1.54) is 6.07 Å². The lowest BCUT2D eigenvalue weighted by Crippen LogP contribution is -2.45. The Morgan fingerprint density at radius 1 is 1.31 bits per heavy atom. The van der Waals surface area contributed by atoms with Crippen LogP contribution in [0, 0.1) is 5.82 Å². The highest BCUT2D eigenvalue weighted by Gasteiger charge is 2.61. The van der Waals surface area contributed by atoms with Crippen molar-refractivity contribution in [2.24, 2.45) is 0 Å². The molecule has 0 spiro atoms. The van der Waals surface area contributed by atoms with Crippen LogP contribution in [0.4, 0.5) is 13.2 Å². The van der Waals surface area contributed by atoms with Crippen molar-refractivity contribution >= 4 is 11.4 Å². The Balaban J connectivity index is 1.52. The minimum atomic E-state index is -2.85. The molecule has 3 aromatic rings. The van der Waals surface area contributed by atoms with E-state index < -0.39 is 18.1 Å². The summed E-state index contributed by atoms with van der Waals surface area (Å²) in [6.07, 6.45) is 5.48. The van der Waals surface area contributed by atoms with E-state index in [0.717, 1.165) is 24.7 Å².